The lowest BCUT2D eigenvalue weighted by atomic mass is 10.1. The van der Waals surface area contributed by atoms with Gasteiger partial charge in [-0.1, -0.05) is 0 Å². The van der Waals surface area contributed by atoms with E-state index in [2.05, 4.69) is 20.9 Å². The van der Waals surface area contributed by atoms with E-state index in [1.807, 2.05) is 0 Å². The van der Waals surface area contributed by atoms with Gasteiger partial charge in [-0.05, 0) is 44.1 Å². The molecule has 0 saturated carbocycles. The van der Waals surface area contributed by atoms with Crippen molar-refractivity contribution in [2.75, 3.05) is 0 Å². The summed E-state index contributed by atoms with van der Waals surface area (Å²) in [6, 6.07) is 0. The molecule has 3 nitrogen and oxygen atoms in total. The average Bonchev–Trinajstić information content (AvgIpc) is 2.10. The molecule has 0 saturated heterocycles. The van der Waals surface area contributed by atoms with Crippen LogP contribution >= 0.6 is 38.5 Å². The van der Waals surface area contributed by atoms with Crippen LogP contribution in [-0.2, 0) is 11.2 Å². The number of hydrogen-bond acceptors (Lipinski definition) is 2. The van der Waals surface area contributed by atoms with Crippen LogP contribution in [0.4, 0.5) is 8.78 Å². The van der Waals surface area contributed by atoms with Gasteiger partial charge in [0, 0.05) is 9.77 Å². The maximum absolute atomic E-state index is 12.7. The van der Waals surface area contributed by atoms with Crippen LogP contribution in [0.15, 0.2) is 10.8 Å². The minimum Gasteiger partial charge on any atom is -0.481 e. The number of carbonyl (C=O) groups is 1. The van der Waals surface area contributed by atoms with Crippen LogP contribution in [0, 0.1) is 3.57 Å². The van der Waals surface area contributed by atoms with Crippen LogP contribution < -0.4 is 0 Å². The molecule has 0 unspecified atom stereocenters. The molecule has 1 N–H and O–H groups in total. The zero-order valence-corrected chi connectivity index (χ0v) is 10.9. The van der Waals surface area contributed by atoms with Crippen LogP contribution in [-0.4, -0.2) is 16.1 Å². The fraction of sp³-hybridized carbons (Fsp3) is 0.250. The molecule has 0 atom stereocenters. The number of pyridine rings is 1. The predicted octanol–water partition coefficient (Wildman–Crippen LogP) is 3.01. The lowest BCUT2D eigenvalue weighted by molar-refractivity contribution is -0.136. The van der Waals surface area contributed by atoms with E-state index in [1.54, 1.807) is 22.6 Å². The third kappa shape index (κ3) is 3.07. The molecule has 0 aliphatic rings. The summed E-state index contributed by atoms with van der Waals surface area (Å²) in [6.45, 7) is 0. The fourth-order valence-electron chi connectivity index (χ4n) is 1.07. The first kappa shape index (κ1) is 12.8. The first-order valence-electron chi connectivity index (χ1n) is 3.76. The first-order chi connectivity index (χ1) is 6.93. The van der Waals surface area contributed by atoms with Gasteiger partial charge in [0.1, 0.15) is 4.60 Å². The van der Waals surface area contributed by atoms with Crippen molar-refractivity contribution in [2.45, 2.75) is 12.8 Å². The molecule has 0 radical (unpaired) electrons. The van der Waals surface area contributed by atoms with Crippen molar-refractivity contribution in [3.8, 4) is 0 Å². The Balaban J connectivity index is 3.31. The maximum Gasteiger partial charge on any atom is 0.307 e. The summed E-state index contributed by atoms with van der Waals surface area (Å²) in [5, 5.41) is 8.60. The minimum absolute atomic E-state index is 0.00540. The quantitative estimate of drug-likeness (QED) is 0.636. The lowest BCUT2D eigenvalue weighted by Gasteiger charge is -2.10. The summed E-state index contributed by atoms with van der Waals surface area (Å²) >= 11 is 4.67. The highest BCUT2D eigenvalue weighted by Gasteiger charge is 2.21. The molecule has 1 rings (SSSR count). The molecule has 0 aliphatic heterocycles. The maximum atomic E-state index is 12.7. The second-order valence-corrected chi connectivity index (χ2v) is 4.57. The molecule has 0 aliphatic carbocycles. The standard InChI is InChI=1S/C8H5BrF2INO2/c9-7-6(8(10)11)3(1-5(14)15)4(12)2-13-7/h2,8H,1H2,(H,14,15). The number of carboxylic acid groups (broad SMARTS) is 1. The van der Waals surface area contributed by atoms with Gasteiger partial charge < -0.3 is 5.11 Å². The Morgan fingerprint density at radius 3 is 2.73 bits per heavy atom. The molecule has 1 aromatic heterocycles. The largest absolute Gasteiger partial charge is 0.481 e. The number of aromatic nitrogens is 1. The zero-order chi connectivity index (χ0) is 11.6. The molecule has 0 fully saturated rings. The molecule has 1 aromatic rings. The number of nitrogens with zero attached hydrogens (tertiary/aromatic N) is 1. The van der Waals surface area contributed by atoms with Crippen molar-refractivity contribution in [1.29, 1.82) is 0 Å². The van der Waals surface area contributed by atoms with Gasteiger partial charge in [-0.3, -0.25) is 4.79 Å². The molecular formula is C8H5BrF2INO2. The Kier molecular flexibility index (Phi) is 4.38. The second kappa shape index (κ2) is 5.15. The number of halogens is 4. The molecular weight excluding hydrogens is 387 g/mol. The highest BCUT2D eigenvalue weighted by molar-refractivity contribution is 14.1. The fourth-order valence-corrected chi connectivity index (χ4v) is 2.20. The Bertz CT molecular complexity index is 400. The molecule has 0 bridgehead atoms. The van der Waals surface area contributed by atoms with Gasteiger partial charge >= 0.3 is 5.97 Å². The molecule has 7 heteroatoms. The Morgan fingerprint density at radius 1 is 1.67 bits per heavy atom. The molecule has 1 heterocycles. The van der Waals surface area contributed by atoms with Gasteiger partial charge in [-0.25, -0.2) is 13.8 Å². The zero-order valence-electron chi connectivity index (χ0n) is 7.18. The Hall–Kier alpha value is -0.310. The van der Waals surface area contributed by atoms with Crippen LogP contribution in [0.25, 0.3) is 0 Å². The van der Waals surface area contributed by atoms with E-state index in [0.717, 1.165) is 0 Å². The number of aliphatic carboxylic acids is 1. The summed E-state index contributed by atoms with van der Waals surface area (Å²) in [7, 11) is 0. The van der Waals surface area contributed by atoms with E-state index in [4.69, 9.17) is 5.11 Å². The van der Waals surface area contributed by atoms with E-state index in [9.17, 15) is 13.6 Å². The summed E-state index contributed by atoms with van der Waals surface area (Å²) in [5.74, 6) is -1.15. The summed E-state index contributed by atoms with van der Waals surface area (Å²) in [4.78, 5) is 14.2. The van der Waals surface area contributed by atoms with Crippen LogP contribution in [0.2, 0.25) is 0 Å². The van der Waals surface area contributed by atoms with Crippen LogP contribution in [0.3, 0.4) is 0 Å². The SMILES string of the molecule is O=C(O)Cc1c(I)cnc(Br)c1C(F)F. The van der Waals surface area contributed by atoms with Gasteiger partial charge in [0.05, 0.1) is 12.0 Å². The van der Waals surface area contributed by atoms with Crippen molar-refractivity contribution in [2.24, 2.45) is 0 Å². The Labute approximate surface area is 106 Å². The summed E-state index contributed by atoms with van der Waals surface area (Å²) in [6.07, 6.45) is -1.82. The van der Waals surface area contributed by atoms with Crippen LogP contribution in [0.5, 0.6) is 0 Å². The van der Waals surface area contributed by atoms with Crippen molar-refractivity contribution in [3.05, 3.63) is 25.5 Å². The van der Waals surface area contributed by atoms with Crippen molar-refractivity contribution < 1.29 is 18.7 Å². The first-order valence-corrected chi connectivity index (χ1v) is 5.63. The van der Waals surface area contributed by atoms with E-state index in [-0.39, 0.29) is 15.7 Å². The number of rotatable bonds is 3. The topological polar surface area (TPSA) is 50.2 Å². The average molecular weight is 392 g/mol. The lowest BCUT2D eigenvalue weighted by Crippen LogP contribution is -2.08. The molecule has 0 spiro atoms. The number of hydrogen-bond donors (Lipinski definition) is 1. The highest BCUT2D eigenvalue weighted by Crippen LogP contribution is 2.31. The summed E-state index contributed by atoms with van der Waals surface area (Å²) < 4.78 is 25.7. The van der Waals surface area contributed by atoms with E-state index >= 15 is 0 Å². The van der Waals surface area contributed by atoms with E-state index < -0.39 is 18.8 Å². The highest BCUT2D eigenvalue weighted by atomic mass is 127. The number of alkyl halides is 2. The van der Waals surface area contributed by atoms with E-state index in [1.165, 1.54) is 6.20 Å². The summed E-state index contributed by atoms with van der Waals surface area (Å²) in [5.41, 5.74) is -0.232. The monoisotopic (exact) mass is 391 g/mol. The van der Waals surface area contributed by atoms with Gasteiger partial charge in [-0.15, -0.1) is 0 Å². The molecule has 82 valence electrons. The third-order valence-electron chi connectivity index (χ3n) is 1.67. The smallest absolute Gasteiger partial charge is 0.307 e. The van der Waals surface area contributed by atoms with Gasteiger partial charge in [0.25, 0.3) is 6.43 Å². The minimum atomic E-state index is -2.74. The van der Waals surface area contributed by atoms with E-state index in [0.29, 0.717) is 3.57 Å². The van der Waals surface area contributed by atoms with Crippen molar-refractivity contribution >= 4 is 44.5 Å². The van der Waals surface area contributed by atoms with Gasteiger partial charge in [-0.2, -0.15) is 0 Å². The normalized spacial score (nSPS) is 10.7. The van der Waals surface area contributed by atoms with Gasteiger partial charge in [0.15, 0.2) is 0 Å². The van der Waals surface area contributed by atoms with Crippen molar-refractivity contribution in [1.82, 2.24) is 4.98 Å². The van der Waals surface area contributed by atoms with Crippen molar-refractivity contribution in [3.63, 3.8) is 0 Å². The second-order valence-electron chi connectivity index (χ2n) is 2.66. The predicted molar refractivity (Wildman–Crippen MR) is 61.0 cm³/mol. The number of carboxylic acids is 1. The molecule has 0 amide bonds. The Morgan fingerprint density at radius 2 is 2.27 bits per heavy atom. The molecule has 15 heavy (non-hydrogen) atoms. The van der Waals surface area contributed by atoms with Gasteiger partial charge in [0.2, 0.25) is 0 Å². The van der Waals surface area contributed by atoms with Crippen LogP contribution in [0.1, 0.15) is 17.6 Å². The molecule has 0 aromatic carbocycles. The third-order valence-corrected chi connectivity index (χ3v) is 3.23.